The molecule has 0 N–H and O–H groups in total. The van der Waals surface area contributed by atoms with Crippen molar-refractivity contribution in [2.75, 3.05) is 0 Å². The summed E-state index contributed by atoms with van der Waals surface area (Å²) in [6, 6.07) is 0. The van der Waals surface area contributed by atoms with Crippen molar-refractivity contribution >= 4 is 0 Å². The van der Waals surface area contributed by atoms with Gasteiger partial charge in [0.25, 0.3) is 0 Å². The molecule has 4 aliphatic rings. The zero-order valence-corrected chi connectivity index (χ0v) is 9.55. The summed E-state index contributed by atoms with van der Waals surface area (Å²) in [5, 5.41) is 0. The maximum atomic E-state index is 6.21. The Morgan fingerprint density at radius 3 is 2.60 bits per heavy atom. The summed E-state index contributed by atoms with van der Waals surface area (Å²) < 4.78 is 12.3. The maximum absolute atomic E-state index is 6.21. The molecule has 0 spiro atoms. The monoisotopic (exact) mass is 208 g/mol. The van der Waals surface area contributed by atoms with Gasteiger partial charge in [-0.1, -0.05) is 25.7 Å². The summed E-state index contributed by atoms with van der Waals surface area (Å²) in [5.74, 6) is 0. The predicted octanol–water partition coefficient (Wildman–Crippen LogP) is 2.80. The molecule has 2 saturated carbocycles. The number of rotatable bonds is 1. The Hall–Kier alpha value is -0.0800. The summed E-state index contributed by atoms with van der Waals surface area (Å²) in [7, 11) is 0. The minimum absolute atomic E-state index is 0.142. The van der Waals surface area contributed by atoms with Crippen LogP contribution in [0.1, 0.15) is 58.3 Å². The van der Waals surface area contributed by atoms with Gasteiger partial charge in [-0.25, -0.2) is 0 Å². The first-order valence-electron chi connectivity index (χ1n) is 6.61. The second-order valence-corrected chi connectivity index (χ2v) is 6.11. The molecule has 4 rings (SSSR count). The normalized spacial score (nSPS) is 61.8. The van der Waals surface area contributed by atoms with Gasteiger partial charge in [-0.05, 0) is 32.6 Å². The smallest absolute Gasteiger partial charge is 0.129 e. The van der Waals surface area contributed by atoms with E-state index < -0.39 is 0 Å². The van der Waals surface area contributed by atoms with Crippen molar-refractivity contribution < 1.29 is 9.47 Å². The second-order valence-electron chi connectivity index (χ2n) is 6.11. The molecule has 84 valence electrons. The molecule has 2 aliphatic carbocycles. The van der Waals surface area contributed by atoms with Crippen LogP contribution in [-0.4, -0.2) is 22.9 Å². The van der Waals surface area contributed by atoms with E-state index in [9.17, 15) is 0 Å². The maximum Gasteiger partial charge on any atom is 0.129 e. The fourth-order valence-corrected chi connectivity index (χ4v) is 4.52. The Morgan fingerprint density at radius 2 is 1.80 bits per heavy atom. The van der Waals surface area contributed by atoms with Crippen LogP contribution in [-0.2, 0) is 9.47 Å². The van der Waals surface area contributed by atoms with E-state index in [1.54, 1.807) is 0 Å². The van der Waals surface area contributed by atoms with Crippen LogP contribution in [0.15, 0.2) is 0 Å². The van der Waals surface area contributed by atoms with Crippen molar-refractivity contribution in [2.24, 2.45) is 0 Å². The highest BCUT2D eigenvalue weighted by Crippen LogP contribution is 2.71. The summed E-state index contributed by atoms with van der Waals surface area (Å²) >= 11 is 0. The molecular formula is C13H20O2. The van der Waals surface area contributed by atoms with E-state index in [2.05, 4.69) is 6.92 Å². The van der Waals surface area contributed by atoms with Gasteiger partial charge in [0, 0.05) is 0 Å². The molecule has 0 aromatic rings. The minimum Gasteiger partial charge on any atom is -0.363 e. The average molecular weight is 208 g/mol. The molecule has 0 amide bonds. The zero-order valence-electron chi connectivity index (χ0n) is 9.55. The predicted molar refractivity (Wildman–Crippen MR) is 56.8 cm³/mol. The van der Waals surface area contributed by atoms with Crippen molar-refractivity contribution in [3.63, 3.8) is 0 Å². The second kappa shape index (κ2) is 2.43. The SMILES string of the molecule is CC12CCCCC1(C13CCCCC1O3)O2. The van der Waals surface area contributed by atoms with E-state index in [1.165, 1.54) is 51.4 Å². The average Bonchev–Trinajstić information content (AvgIpc) is 3.08. The molecule has 4 atom stereocenters. The quantitative estimate of drug-likeness (QED) is 0.619. The van der Waals surface area contributed by atoms with Gasteiger partial charge in [0.1, 0.15) is 11.2 Å². The lowest BCUT2D eigenvalue weighted by atomic mass is 9.68. The van der Waals surface area contributed by atoms with E-state index in [4.69, 9.17) is 9.47 Å². The third-order valence-electron chi connectivity index (χ3n) is 5.41. The van der Waals surface area contributed by atoms with Crippen LogP contribution >= 0.6 is 0 Å². The van der Waals surface area contributed by atoms with E-state index in [1.807, 2.05) is 0 Å². The number of fused-ring (bicyclic) bond motifs is 3. The first kappa shape index (κ1) is 9.00. The van der Waals surface area contributed by atoms with Crippen molar-refractivity contribution in [1.82, 2.24) is 0 Å². The lowest BCUT2D eigenvalue weighted by Gasteiger charge is -2.30. The van der Waals surface area contributed by atoms with Gasteiger partial charge < -0.3 is 9.47 Å². The Morgan fingerprint density at radius 1 is 1.00 bits per heavy atom. The highest BCUT2D eigenvalue weighted by atomic mass is 16.7. The standard InChI is InChI=1S/C13H20O2/c1-11-7-4-5-9-13(11,15-11)12-8-3-2-6-10(12)14-12/h10H,2-9H2,1H3. The molecule has 2 nitrogen and oxygen atoms in total. The third kappa shape index (κ3) is 0.861. The van der Waals surface area contributed by atoms with Gasteiger partial charge >= 0.3 is 0 Å². The Balaban J connectivity index is 1.68. The van der Waals surface area contributed by atoms with E-state index in [0.29, 0.717) is 6.10 Å². The number of hydrogen-bond donors (Lipinski definition) is 0. The molecule has 4 fully saturated rings. The topological polar surface area (TPSA) is 25.1 Å². The highest BCUT2D eigenvalue weighted by Gasteiger charge is 2.84. The van der Waals surface area contributed by atoms with Gasteiger partial charge in [0.2, 0.25) is 0 Å². The fraction of sp³-hybridized carbons (Fsp3) is 1.00. The third-order valence-corrected chi connectivity index (χ3v) is 5.41. The molecule has 2 heterocycles. The molecular weight excluding hydrogens is 188 g/mol. The van der Waals surface area contributed by atoms with Gasteiger partial charge in [0.15, 0.2) is 0 Å². The Labute approximate surface area is 91.3 Å². The molecule has 0 bridgehead atoms. The zero-order chi connectivity index (χ0) is 10.1. The van der Waals surface area contributed by atoms with Gasteiger partial charge in [-0.3, -0.25) is 0 Å². The van der Waals surface area contributed by atoms with E-state index in [-0.39, 0.29) is 16.8 Å². The van der Waals surface area contributed by atoms with Crippen LogP contribution < -0.4 is 0 Å². The summed E-state index contributed by atoms with van der Waals surface area (Å²) in [5.41, 5.74) is 0.487. The number of epoxide rings is 2. The molecule has 0 aromatic carbocycles. The first-order chi connectivity index (χ1) is 7.23. The largest absolute Gasteiger partial charge is 0.363 e. The van der Waals surface area contributed by atoms with Gasteiger partial charge in [-0.15, -0.1) is 0 Å². The Kier molecular flexibility index (Phi) is 1.46. The molecule has 2 heteroatoms. The molecule has 4 unspecified atom stereocenters. The summed E-state index contributed by atoms with van der Waals surface area (Å²) in [6.45, 7) is 2.31. The first-order valence-corrected chi connectivity index (χ1v) is 6.61. The fourth-order valence-electron chi connectivity index (χ4n) is 4.52. The lowest BCUT2D eigenvalue weighted by molar-refractivity contribution is 0.134. The van der Waals surface area contributed by atoms with Crippen molar-refractivity contribution in [1.29, 1.82) is 0 Å². The van der Waals surface area contributed by atoms with E-state index >= 15 is 0 Å². The van der Waals surface area contributed by atoms with Crippen LogP contribution in [0.2, 0.25) is 0 Å². The van der Waals surface area contributed by atoms with Crippen LogP contribution in [0.4, 0.5) is 0 Å². The molecule has 15 heavy (non-hydrogen) atoms. The molecule has 2 saturated heterocycles. The van der Waals surface area contributed by atoms with Gasteiger partial charge in [-0.2, -0.15) is 0 Å². The molecule has 2 aliphatic heterocycles. The Bertz CT molecular complexity index is 312. The van der Waals surface area contributed by atoms with Gasteiger partial charge in [0.05, 0.1) is 11.7 Å². The number of ether oxygens (including phenoxy) is 2. The molecule has 0 radical (unpaired) electrons. The van der Waals surface area contributed by atoms with Crippen LogP contribution in [0.3, 0.4) is 0 Å². The minimum atomic E-state index is 0.142. The van der Waals surface area contributed by atoms with Crippen LogP contribution in [0.25, 0.3) is 0 Å². The van der Waals surface area contributed by atoms with Crippen molar-refractivity contribution in [2.45, 2.75) is 81.2 Å². The van der Waals surface area contributed by atoms with Crippen molar-refractivity contribution in [3.8, 4) is 0 Å². The number of hydrogen-bond acceptors (Lipinski definition) is 2. The highest BCUT2D eigenvalue weighted by molar-refractivity contribution is 5.32. The van der Waals surface area contributed by atoms with Crippen LogP contribution in [0.5, 0.6) is 0 Å². The van der Waals surface area contributed by atoms with Crippen LogP contribution in [0, 0.1) is 0 Å². The van der Waals surface area contributed by atoms with Crippen molar-refractivity contribution in [3.05, 3.63) is 0 Å². The molecule has 0 aromatic heterocycles. The lowest BCUT2D eigenvalue weighted by Crippen LogP contribution is -2.44. The summed E-state index contributed by atoms with van der Waals surface area (Å²) in [4.78, 5) is 0. The van der Waals surface area contributed by atoms with E-state index in [0.717, 1.165) is 0 Å². The summed E-state index contributed by atoms with van der Waals surface area (Å²) in [6.07, 6.45) is 11.0.